The Balaban J connectivity index is 1.78. The molecule has 1 heterocycles. The number of anilines is 1. The molecule has 3 rings (SSSR count). The molecule has 6 nitrogen and oxygen atoms in total. The molecule has 152 valence electrons. The van der Waals surface area contributed by atoms with E-state index in [-0.39, 0.29) is 9.79 Å². The van der Waals surface area contributed by atoms with E-state index < -0.39 is 20.0 Å². The Kier molecular flexibility index (Phi) is 6.19. The Morgan fingerprint density at radius 3 is 1.89 bits per heavy atom. The lowest BCUT2D eigenvalue weighted by atomic mass is 9.94. The van der Waals surface area contributed by atoms with Gasteiger partial charge in [0.1, 0.15) is 0 Å². The van der Waals surface area contributed by atoms with E-state index in [1.807, 2.05) is 0 Å². The first-order valence-electron chi connectivity index (χ1n) is 8.96. The summed E-state index contributed by atoms with van der Waals surface area (Å²) >= 11 is 3.27. The van der Waals surface area contributed by atoms with Gasteiger partial charge in [0.15, 0.2) is 0 Å². The summed E-state index contributed by atoms with van der Waals surface area (Å²) in [7, 11) is -7.34. The maximum Gasteiger partial charge on any atom is 0.261 e. The van der Waals surface area contributed by atoms with Gasteiger partial charge in [-0.05, 0) is 66.8 Å². The normalized spacial score (nSPS) is 21.4. The van der Waals surface area contributed by atoms with Crippen molar-refractivity contribution >= 4 is 41.7 Å². The van der Waals surface area contributed by atoms with Crippen molar-refractivity contribution in [2.75, 3.05) is 17.8 Å². The number of benzene rings is 2. The summed E-state index contributed by atoms with van der Waals surface area (Å²) in [5.41, 5.74) is 0.308. The third-order valence-electron chi connectivity index (χ3n) is 4.70. The monoisotopic (exact) mass is 486 g/mol. The van der Waals surface area contributed by atoms with Crippen molar-refractivity contribution in [3.05, 3.63) is 53.0 Å². The standard InChI is InChI=1S/C19H23BrN2O4S2/c1-14-11-15(2)13-22(12-14)28(25,26)19-9-5-17(6-10-19)21-27(23,24)18-7-3-16(20)4-8-18/h3-10,14-15,21H,11-13H2,1-2H3/t14-,15-/m1/s1. The van der Waals surface area contributed by atoms with Gasteiger partial charge in [-0.25, -0.2) is 16.8 Å². The molecule has 0 amide bonds. The summed E-state index contributed by atoms with van der Waals surface area (Å²) < 4.78 is 55.5. The van der Waals surface area contributed by atoms with Crippen molar-refractivity contribution < 1.29 is 16.8 Å². The lowest BCUT2D eigenvalue weighted by Crippen LogP contribution is -2.42. The van der Waals surface area contributed by atoms with Crippen molar-refractivity contribution in [2.45, 2.75) is 30.1 Å². The van der Waals surface area contributed by atoms with Gasteiger partial charge in [-0.1, -0.05) is 29.8 Å². The van der Waals surface area contributed by atoms with Gasteiger partial charge < -0.3 is 0 Å². The van der Waals surface area contributed by atoms with Crippen LogP contribution in [-0.2, 0) is 20.0 Å². The summed E-state index contributed by atoms with van der Waals surface area (Å²) in [5.74, 6) is 0.631. The van der Waals surface area contributed by atoms with Crippen LogP contribution < -0.4 is 4.72 Å². The molecule has 1 aliphatic rings. The first kappa shape index (κ1) is 21.3. The Bertz CT molecular complexity index is 1030. The molecule has 2 aromatic rings. The van der Waals surface area contributed by atoms with Crippen LogP contribution in [0, 0.1) is 11.8 Å². The Morgan fingerprint density at radius 2 is 1.36 bits per heavy atom. The van der Waals surface area contributed by atoms with Crippen LogP contribution in [0.15, 0.2) is 62.8 Å². The average Bonchev–Trinajstić information content (AvgIpc) is 2.61. The molecule has 0 aliphatic carbocycles. The van der Waals surface area contributed by atoms with E-state index >= 15 is 0 Å². The summed E-state index contributed by atoms with van der Waals surface area (Å²) in [6.45, 7) is 5.12. The van der Waals surface area contributed by atoms with Gasteiger partial charge in [-0.3, -0.25) is 4.72 Å². The Hall–Kier alpha value is -1.42. The molecular formula is C19H23BrN2O4S2. The fourth-order valence-electron chi connectivity index (χ4n) is 3.47. The van der Waals surface area contributed by atoms with E-state index in [2.05, 4.69) is 34.5 Å². The fourth-order valence-corrected chi connectivity index (χ4v) is 6.48. The highest BCUT2D eigenvalue weighted by Gasteiger charge is 2.31. The first-order valence-corrected chi connectivity index (χ1v) is 12.7. The zero-order chi connectivity index (χ0) is 20.5. The summed E-state index contributed by atoms with van der Waals surface area (Å²) in [5, 5.41) is 0. The first-order chi connectivity index (χ1) is 13.1. The molecule has 0 bridgehead atoms. The molecule has 0 spiro atoms. The summed E-state index contributed by atoms with van der Waals surface area (Å²) in [6, 6.07) is 12.1. The third-order valence-corrected chi connectivity index (χ3v) is 8.48. The number of rotatable bonds is 5. The maximum absolute atomic E-state index is 12.9. The van der Waals surface area contributed by atoms with Crippen LogP contribution in [0.5, 0.6) is 0 Å². The smallest absolute Gasteiger partial charge is 0.261 e. The van der Waals surface area contributed by atoms with Gasteiger partial charge in [0.25, 0.3) is 10.0 Å². The van der Waals surface area contributed by atoms with Crippen molar-refractivity contribution in [2.24, 2.45) is 11.8 Å². The lowest BCUT2D eigenvalue weighted by molar-refractivity contribution is 0.222. The lowest BCUT2D eigenvalue weighted by Gasteiger charge is -2.34. The molecule has 9 heteroatoms. The number of piperidine rings is 1. The van der Waals surface area contributed by atoms with Crippen LogP contribution in [0.4, 0.5) is 5.69 Å². The molecule has 0 radical (unpaired) electrons. The molecule has 0 saturated carbocycles. The van der Waals surface area contributed by atoms with Crippen LogP contribution in [0.25, 0.3) is 0 Å². The van der Waals surface area contributed by atoms with Gasteiger partial charge in [-0.2, -0.15) is 4.31 Å². The van der Waals surface area contributed by atoms with Crippen molar-refractivity contribution in [1.29, 1.82) is 0 Å². The zero-order valence-electron chi connectivity index (χ0n) is 15.7. The highest BCUT2D eigenvalue weighted by Crippen LogP contribution is 2.27. The number of nitrogens with one attached hydrogen (secondary N) is 1. The van der Waals surface area contributed by atoms with Crippen LogP contribution in [0.2, 0.25) is 0 Å². The number of nitrogens with zero attached hydrogens (tertiary/aromatic N) is 1. The number of hydrogen-bond acceptors (Lipinski definition) is 4. The van der Waals surface area contributed by atoms with Crippen LogP contribution in [0.1, 0.15) is 20.3 Å². The molecule has 0 aromatic heterocycles. The van der Waals surface area contributed by atoms with E-state index in [0.717, 1.165) is 10.9 Å². The second kappa shape index (κ2) is 8.14. The van der Waals surface area contributed by atoms with Gasteiger partial charge in [0.2, 0.25) is 10.0 Å². The number of halogens is 1. The van der Waals surface area contributed by atoms with E-state index in [4.69, 9.17) is 0 Å². The van der Waals surface area contributed by atoms with E-state index in [1.54, 1.807) is 12.1 Å². The molecular weight excluding hydrogens is 464 g/mol. The molecule has 28 heavy (non-hydrogen) atoms. The van der Waals surface area contributed by atoms with Gasteiger partial charge in [0, 0.05) is 23.2 Å². The van der Waals surface area contributed by atoms with Crippen LogP contribution in [0.3, 0.4) is 0 Å². The maximum atomic E-state index is 12.9. The highest BCUT2D eigenvalue weighted by molar-refractivity contribution is 9.10. The molecule has 0 unspecified atom stereocenters. The van der Waals surface area contributed by atoms with Gasteiger partial charge in [0.05, 0.1) is 9.79 Å². The quantitative estimate of drug-likeness (QED) is 0.693. The third kappa shape index (κ3) is 4.76. The van der Waals surface area contributed by atoms with Crippen molar-refractivity contribution in [1.82, 2.24) is 4.31 Å². The molecule has 1 saturated heterocycles. The van der Waals surface area contributed by atoms with Crippen LogP contribution in [-0.4, -0.2) is 34.2 Å². The number of sulfonamides is 2. The molecule has 2 atom stereocenters. The minimum atomic E-state index is -3.74. The fraction of sp³-hybridized carbons (Fsp3) is 0.368. The molecule has 1 aliphatic heterocycles. The molecule has 1 fully saturated rings. The highest BCUT2D eigenvalue weighted by atomic mass is 79.9. The van der Waals surface area contributed by atoms with Gasteiger partial charge in [-0.15, -0.1) is 0 Å². The molecule has 2 aromatic carbocycles. The van der Waals surface area contributed by atoms with Gasteiger partial charge >= 0.3 is 0 Å². The van der Waals surface area contributed by atoms with Crippen molar-refractivity contribution in [3.8, 4) is 0 Å². The average molecular weight is 487 g/mol. The minimum absolute atomic E-state index is 0.128. The van der Waals surface area contributed by atoms with E-state index in [0.29, 0.717) is 30.6 Å². The van der Waals surface area contributed by atoms with E-state index in [1.165, 1.54) is 40.7 Å². The zero-order valence-corrected chi connectivity index (χ0v) is 18.9. The van der Waals surface area contributed by atoms with Crippen LogP contribution >= 0.6 is 15.9 Å². The predicted octanol–water partition coefficient (Wildman–Crippen LogP) is 3.92. The SMILES string of the molecule is C[C@@H]1C[C@@H](C)CN(S(=O)(=O)c2ccc(NS(=O)(=O)c3ccc(Br)cc3)cc2)C1. The Morgan fingerprint density at radius 1 is 0.857 bits per heavy atom. The van der Waals surface area contributed by atoms with E-state index in [9.17, 15) is 16.8 Å². The summed E-state index contributed by atoms with van der Waals surface area (Å²) in [4.78, 5) is 0.295. The predicted molar refractivity (Wildman–Crippen MR) is 113 cm³/mol. The topological polar surface area (TPSA) is 83.6 Å². The molecule has 1 N–H and O–H groups in total. The second-order valence-electron chi connectivity index (χ2n) is 7.35. The minimum Gasteiger partial charge on any atom is -0.280 e. The largest absolute Gasteiger partial charge is 0.280 e. The number of hydrogen-bond donors (Lipinski definition) is 1. The van der Waals surface area contributed by atoms with Crippen molar-refractivity contribution in [3.63, 3.8) is 0 Å². The second-order valence-corrected chi connectivity index (χ2v) is 11.9. The Labute approximate surface area is 175 Å². The summed E-state index contributed by atoms with van der Waals surface area (Å²) in [6.07, 6.45) is 1.02.